The second-order valence-electron chi connectivity index (χ2n) is 2.35. The van der Waals surface area contributed by atoms with Gasteiger partial charge in [-0.25, -0.2) is 0 Å². The van der Waals surface area contributed by atoms with E-state index in [9.17, 15) is 0 Å². The lowest BCUT2D eigenvalue weighted by Gasteiger charge is -2.09. The third kappa shape index (κ3) is 2.01. The van der Waals surface area contributed by atoms with Crippen molar-refractivity contribution in [1.29, 1.82) is 5.41 Å². The quantitative estimate of drug-likeness (QED) is 0.427. The van der Waals surface area contributed by atoms with Gasteiger partial charge in [-0.2, -0.15) is 0 Å². The molecule has 1 heterocycles. The van der Waals surface area contributed by atoms with Crippen LogP contribution in [0.25, 0.3) is 0 Å². The van der Waals surface area contributed by atoms with Gasteiger partial charge in [0.05, 0.1) is 11.9 Å². The van der Waals surface area contributed by atoms with Crippen LogP contribution in [0.4, 0.5) is 0 Å². The molecule has 3 heteroatoms. The predicted molar refractivity (Wildman–Crippen MR) is 42.6 cm³/mol. The topological polar surface area (TPSA) is 62.2 Å². The van der Waals surface area contributed by atoms with E-state index in [1.165, 1.54) is 0 Å². The monoisotopic (exact) mass is 137 g/mol. The standard InChI is InChI=1S/C7H11N3/c8-7(9)5-6-3-1-2-4-10-6/h1-2,4,6H,3,5H2,(H3,8,9). The summed E-state index contributed by atoms with van der Waals surface area (Å²) in [6, 6.07) is 0.211. The van der Waals surface area contributed by atoms with Crippen molar-refractivity contribution < 1.29 is 0 Å². The van der Waals surface area contributed by atoms with E-state index < -0.39 is 0 Å². The summed E-state index contributed by atoms with van der Waals surface area (Å²) in [5, 5.41) is 7.01. The summed E-state index contributed by atoms with van der Waals surface area (Å²) in [7, 11) is 0. The van der Waals surface area contributed by atoms with Crippen LogP contribution in [0.3, 0.4) is 0 Å². The number of nitrogens with zero attached hydrogens (tertiary/aromatic N) is 1. The van der Waals surface area contributed by atoms with Crippen LogP contribution in [0.5, 0.6) is 0 Å². The summed E-state index contributed by atoms with van der Waals surface area (Å²) in [5.41, 5.74) is 5.21. The second kappa shape index (κ2) is 3.15. The highest BCUT2D eigenvalue weighted by molar-refractivity contribution is 5.78. The van der Waals surface area contributed by atoms with Gasteiger partial charge in [0, 0.05) is 12.6 Å². The summed E-state index contributed by atoms with van der Waals surface area (Å²) in [4.78, 5) is 4.14. The number of aliphatic imine (C=N–C) groups is 1. The summed E-state index contributed by atoms with van der Waals surface area (Å²) >= 11 is 0. The molecule has 0 aliphatic carbocycles. The fourth-order valence-electron chi connectivity index (χ4n) is 0.919. The van der Waals surface area contributed by atoms with E-state index in [0.717, 1.165) is 6.42 Å². The first-order valence-electron chi connectivity index (χ1n) is 3.30. The summed E-state index contributed by atoms with van der Waals surface area (Å²) in [6.07, 6.45) is 7.21. The van der Waals surface area contributed by atoms with E-state index in [-0.39, 0.29) is 11.9 Å². The van der Waals surface area contributed by atoms with Crippen LogP contribution in [0.1, 0.15) is 12.8 Å². The van der Waals surface area contributed by atoms with Crippen LogP contribution in [-0.4, -0.2) is 18.1 Å². The molecule has 0 bridgehead atoms. The largest absolute Gasteiger partial charge is 0.388 e. The van der Waals surface area contributed by atoms with Crippen molar-refractivity contribution in [3.63, 3.8) is 0 Å². The molecule has 0 saturated heterocycles. The number of hydrogen-bond donors (Lipinski definition) is 2. The van der Waals surface area contributed by atoms with E-state index in [4.69, 9.17) is 11.1 Å². The van der Waals surface area contributed by atoms with Crippen LogP contribution in [-0.2, 0) is 0 Å². The molecule has 0 radical (unpaired) electrons. The van der Waals surface area contributed by atoms with Crippen molar-refractivity contribution in [2.24, 2.45) is 10.7 Å². The molecule has 0 aromatic rings. The maximum absolute atomic E-state index is 7.01. The Bertz CT molecular complexity index is 181. The zero-order chi connectivity index (χ0) is 7.40. The van der Waals surface area contributed by atoms with Gasteiger partial charge < -0.3 is 5.73 Å². The lowest BCUT2D eigenvalue weighted by atomic mass is 10.1. The van der Waals surface area contributed by atoms with Gasteiger partial charge in [-0.05, 0) is 12.5 Å². The molecular formula is C7H11N3. The Hall–Kier alpha value is -1.12. The molecule has 10 heavy (non-hydrogen) atoms. The summed E-state index contributed by atoms with van der Waals surface area (Å²) in [5.74, 6) is 0.220. The van der Waals surface area contributed by atoms with Crippen molar-refractivity contribution in [1.82, 2.24) is 0 Å². The molecule has 1 unspecified atom stereocenters. The highest BCUT2D eigenvalue weighted by Crippen LogP contribution is 2.06. The second-order valence-corrected chi connectivity index (χ2v) is 2.35. The van der Waals surface area contributed by atoms with Crippen LogP contribution in [0.2, 0.25) is 0 Å². The maximum atomic E-state index is 7.01. The molecule has 1 aliphatic heterocycles. The fourth-order valence-corrected chi connectivity index (χ4v) is 0.919. The normalized spacial score (nSPS) is 23.0. The molecular weight excluding hydrogens is 126 g/mol. The van der Waals surface area contributed by atoms with Crippen molar-refractivity contribution in [2.45, 2.75) is 18.9 Å². The van der Waals surface area contributed by atoms with E-state index >= 15 is 0 Å². The molecule has 3 nitrogen and oxygen atoms in total. The third-order valence-electron chi connectivity index (χ3n) is 1.38. The lowest BCUT2D eigenvalue weighted by molar-refractivity contribution is 0.708. The van der Waals surface area contributed by atoms with Crippen LogP contribution < -0.4 is 5.73 Å². The van der Waals surface area contributed by atoms with Gasteiger partial charge in [-0.15, -0.1) is 0 Å². The van der Waals surface area contributed by atoms with Gasteiger partial charge in [0.15, 0.2) is 0 Å². The van der Waals surface area contributed by atoms with Gasteiger partial charge in [0.2, 0.25) is 0 Å². The third-order valence-corrected chi connectivity index (χ3v) is 1.38. The molecule has 1 aliphatic rings. The van der Waals surface area contributed by atoms with E-state index in [0.29, 0.717) is 6.42 Å². The number of dihydropyridines is 1. The lowest BCUT2D eigenvalue weighted by Crippen LogP contribution is -2.18. The smallest absolute Gasteiger partial charge is 0.0926 e. The minimum Gasteiger partial charge on any atom is -0.388 e. The predicted octanol–water partition coefficient (Wildman–Crippen LogP) is 0.712. The first kappa shape index (κ1) is 6.99. The highest BCUT2D eigenvalue weighted by atomic mass is 14.8. The van der Waals surface area contributed by atoms with Gasteiger partial charge in [-0.1, -0.05) is 6.08 Å². The Morgan fingerprint density at radius 2 is 2.60 bits per heavy atom. The van der Waals surface area contributed by atoms with Gasteiger partial charge >= 0.3 is 0 Å². The average molecular weight is 137 g/mol. The zero-order valence-corrected chi connectivity index (χ0v) is 5.75. The van der Waals surface area contributed by atoms with Gasteiger partial charge in [-0.3, -0.25) is 10.4 Å². The Labute approximate surface area is 60.2 Å². The van der Waals surface area contributed by atoms with E-state index in [1.54, 1.807) is 6.21 Å². The van der Waals surface area contributed by atoms with E-state index in [2.05, 4.69) is 4.99 Å². The number of rotatable bonds is 2. The molecule has 0 fully saturated rings. The average Bonchev–Trinajstić information content (AvgIpc) is 1.88. The Kier molecular flexibility index (Phi) is 2.20. The highest BCUT2D eigenvalue weighted by Gasteiger charge is 2.06. The fraction of sp³-hybridized carbons (Fsp3) is 0.429. The molecule has 54 valence electrons. The van der Waals surface area contributed by atoms with E-state index in [1.807, 2.05) is 12.2 Å². The van der Waals surface area contributed by atoms with Crippen molar-refractivity contribution in [2.75, 3.05) is 0 Å². The van der Waals surface area contributed by atoms with Gasteiger partial charge in [0.25, 0.3) is 0 Å². The first-order valence-corrected chi connectivity index (χ1v) is 3.30. The zero-order valence-electron chi connectivity index (χ0n) is 5.75. The molecule has 0 saturated carbocycles. The molecule has 0 aromatic heterocycles. The number of amidine groups is 1. The molecule has 3 N–H and O–H groups in total. The number of nitrogens with one attached hydrogen (secondary N) is 1. The summed E-state index contributed by atoms with van der Waals surface area (Å²) < 4.78 is 0. The van der Waals surface area contributed by atoms with Crippen molar-refractivity contribution in [3.05, 3.63) is 12.2 Å². The molecule has 0 spiro atoms. The van der Waals surface area contributed by atoms with Crippen molar-refractivity contribution in [3.8, 4) is 0 Å². The molecule has 0 amide bonds. The minimum absolute atomic E-state index is 0.211. The first-order chi connectivity index (χ1) is 4.79. The number of nitrogens with two attached hydrogens (primary N) is 1. The molecule has 1 rings (SSSR count). The SMILES string of the molecule is N=C(N)CC1CC=CC=N1. The number of hydrogen-bond acceptors (Lipinski definition) is 2. The summed E-state index contributed by atoms with van der Waals surface area (Å²) in [6.45, 7) is 0. The van der Waals surface area contributed by atoms with Gasteiger partial charge in [0.1, 0.15) is 0 Å². The molecule has 0 aromatic carbocycles. The maximum Gasteiger partial charge on any atom is 0.0926 e. The minimum atomic E-state index is 0.211. The van der Waals surface area contributed by atoms with Crippen LogP contribution in [0, 0.1) is 5.41 Å². The Balaban J connectivity index is 2.37. The van der Waals surface area contributed by atoms with Crippen LogP contribution in [0.15, 0.2) is 17.1 Å². The Morgan fingerprint density at radius 3 is 3.10 bits per heavy atom. The Morgan fingerprint density at radius 1 is 1.80 bits per heavy atom. The number of allylic oxidation sites excluding steroid dienone is 1. The van der Waals surface area contributed by atoms with Crippen molar-refractivity contribution >= 4 is 12.1 Å². The van der Waals surface area contributed by atoms with Crippen LogP contribution >= 0.6 is 0 Å². The molecule has 1 atom stereocenters.